The number of esters is 1. The molecule has 1 aromatic carbocycles. The quantitative estimate of drug-likeness (QED) is 0.788. The number of benzene rings is 1. The third-order valence-electron chi connectivity index (χ3n) is 3.96. The number of hydrogen-bond donors (Lipinski definition) is 1. The fraction of sp³-hybridized carbons (Fsp3) is 0.500. The third-order valence-corrected chi connectivity index (χ3v) is 3.96. The van der Waals surface area contributed by atoms with Gasteiger partial charge in [0.25, 0.3) is 0 Å². The molecule has 0 radical (unpaired) electrons. The van der Waals surface area contributed by atoms with E-state index < -0.39 is 5.97 Å². The maximum Gasteiger partial charge on any atom is 0.354 e. The van der Waals surface area contributed by atoms with Gasteiger partial charge in [0.2, 0.25) is 0 Å². The summed E-state index contributed by atoms with van der Waals surface area (Å²) in [4.78, 5) is 12.0. The van der Waals surface area contributed by atoms with Gasteiger partial charge < -0.3 is 24.5 Å². The van der Waals surface area contributed by atoms with Gasteiger partial charge in [0, 0.05) is 18.5 Å². The number of ether oxygens (including phenoxy) is 3. The van der Waals surface area contributed by atoms with Crippen LogP contribution in [0.2, 0.25) is 0 Å². The minimum absolute atomic E-state index is 0.0362. The minimum Gasteiger partial charge on any atom is -0.495 e. The highest BCUT2D eigenvalue weighted by molar-refractivity contribution is 6.00. The van der Waals surface area contributed by atoms with Gasteiger partial charge in [-0.3, -0.25) is 0 Å². The number of methoxy groups -OCH3 is 2. The SMILES string of the molecule is COC(=O)c1cc2c(OC[C@@H](N)CC(C)C)ccc(OC)c2n1C. The number of fused-ring (bicyclic) bond motifs is 1. The molecule has 0 saturated carbocycles. The highest BCUT2D eigenvalue weighted by Gasteiger charge is 2.20. The zero-order chi connectivity index (χ0) is 17.9. The molecule has 0 unspecified atom stereocenters. The van der Waals surface area contributed by atoms with Gasteiger partial charge in [-0.1, -0.05) is 13.8 Å². The molecule has 0 fully saturated rings. The Bertz CT molecular complexity index is 721. The molecule has 6 nitrogen and oxygen atoms in total. The van der Waals surface area contributed by atoms with Crippen molar-refractivity contribution in [2.45, 2.75) is 26.3 Å². The lowest BCUT2D eigenvalue weighted by molar-refractivity contribution is 0.0590. The van der Waals surface area contributed by atoms with Crippen LogP contribution in [0.15, 0.2) is 18.2 Å². The number of nitrogens with zero attached hydrogens (tertiary/aromatic N) is 1. The summed E-state index contributed by atoms with van der Waals surface area (Å²) in [5, 5.41) is 0.800. The Morgan fingerprint density at radius 2 is 1.92 bits per heavy atom. The van der Waals surface area contributed by atoms with Crippen molar-refractivity contribution in [2.24, 2.45) is 18.7 Å². The van der Waals surface area contributed by atoms with E-state index in [0.29, 0.717) is 29.7 Å². The molecule has 1 heterocycles. The number of rotatable bonds is 7. The summed E-state index contributed by atoms with van der Waals surface area (Å²) in [6, 6.07) is 5.38. The summed E-state index contributed by atoms with van der Waals surface area (Å²) >= 11 is 0. The first kappa shape index (κ1) is 18.1. The van der Waals surface area contributed by atoms with Crippen molar-refractivity contribution in [3.8, 4) is 11.5 Å². The molecule has 0 saturated heterocycles. The Labute approximate surface area is 142 Å². The van der Waals surface area contributed by atoms with Crippen LogP contribution in [0.5, 0.6) is 11.5 Å². The highest BCUT2D eigenvalue weighted by Crippen LogP contribution is 2.35. The molecular formula is C18H26N2O4. The Kier molecular flexibility index (Phi) is 5.72. The second-order valence-electron chi connectivity index (χ2n) is 6.31. The van der Waals surface area contributed by atoms with E-state index in [1.54, 1.807) is 24.8 Å². The van der Waals surface area contributed by atoms with Crippen LogP contribution >= 0.6 is 0 Å². The first-order valence-electron chi connectivity index (χ1n) is 8.02. The molecule has 132 valence electrons. The smallest absolute Gasteiger partial charge is 0.354 e. The van der Waals surface area contributed by atoms with Gasteiger partial charge in [0.05, 0.1) is 19.7 Å². The molecule has 0 aliphatic heterocycles. The molecule has 1 atom stereocenters. The largest absolute Gasteiger partial charge is 0.495 e. The molecule has 0 aliphatic rings. The molecule has 0 bridgehead atoms. The van der Waals surface area contributed by atoms with Crippen molar-refractivity contribution in [1.29, 1.82) is 0 Å². The summed E-state index contributed by atoms with van der Waals surface area (Å²) < 4.78 is 17.9. The fourth-order valence-electron chi connectivity index (χ4n) is 2.87. The monoisotopic (exact) mass is 334 g/mol. The molecule has 2 rings (SSSR count). The van der Waals surface area contributed by atoms with Gasteiger partial charge in [-0.05, 0) is 30.5 Å². The number of hydrogen-bond acceptors (Lipinski definition) is 5. The van der Waals surface area contributed by atoms with Gasteiger partial charge in [-0.2, -0.15) is 0 Å². The van der Waals surface area contributed by atoms with Crippen molar-refractivity contribution in [1.82, 2.24) is 4.57 Å². The molecule has 1 aromatic heterocycles. The lowest BCUT2D eigenvalue weighted by Gasteiger charge is -2.16. The van der Waals surface area contributed by atoms with Crippen LogP contribution in [0.25, 0.3) is 10.9 Å². The van der Waals surface area contributed by atoms with Crippen LogP contribution in [-0.4, -0.2) is 37.4 Å². The Morgan fingerprint density at radius 1 is 1.25 bits per heavy atom. The third kappa shape index (κ3) is 3.64. The van der Waals surface area contributed by atoms with E-state index in [4.69, 9.17) is 19.9 Å². The predicted molar refractivity (Wildman–Crippen MR) is 93.7 cm³/mol. The summed E-state index contributed by atoms with van der Waals surface area (Å²) in [5.74, 6) is 1.46. The van der Waals surface area contributed by atoms with Crippen molar-refractivity contribution in [2.75, 3.05) is 20.8 Å². The maximum absolute atomic E-state index is 12.0. The topological polar surface area (TPSA) is 75.7 Å². The van der Waals surface area contributed by atoms with Crippen LogP contribution in [0.1, 0.15) is 30.8 Å². The van der Waals surface area contributed by atoms with Crippen LogP contribution in [0.4, 0.5) is 0 Å². The summed E-state index contributed by atoms with van der Waals surface area (Å²) in [5.41, 5.74) is 7.32. The van der Waals surface area contributed by atoms with E-state index in [-0.39, 0.29) is 6.04 Å². The number of carbonyl (C=O) groups excluding carboxylic acids is 1. The van der Waals surface area contributed by atoms with Gasteiger partial charge >= 0.3 is 5.97 Å². The lowest BCUT2D eigenvalue weighted by atomic mass is 10.1. The standard InChI is InChI=1S/C18H26N2O4/c1-11(2)8-12(19)10-24-15-6-7-16(22-4)17-13(15)9-14(20(17)3)18(21)23-5/h6-7,9,11-12H,8,10,19H2,1-5H3/t12-/m0/s1. The minimum atomic E-state index is -0.404. The molecule has 2 aromatic rings. The van der Waals surface area contributed by atoms with Gasteiger partial charge in [0.1, 0.15) is 23.8 Å². The summed E-state index contributed by atoms with van der Waals surface area (Å²) in [6.45, 7) is 4.68. The zero-order valence-corrected chi connectivity index (χ0v) is 15.0. The van der Waals surface area contributed by atoms with Crippen LogP contribution in [0.3, 0.4) is 0 Å². The average molecular weight is 334 g/mol. The number of carbonyl (C=O) groups is 1. The summed E-state index contributed by atoms with van der Waals surface area (Å²) in [6.07, 6.45) is 0.890. The molecule has 0 amide bonds. The van der Waals surface area contributed by atoms with Crippen molar-refractivity contribution in [3.05, 3.63) is 23.9 Å². The Morgan fingerprint density at radius 3 is 2.50 bits per heavy atom. The van der Waals surface area contributed by atoms with Crippen molar-refractivity contribution >= 4 is 16.9 Å². The Balaban J connectivity index is 2.39. The van der Waals surface area contributed by atoms with Crippen LogP contribution < -0.4 is 15.2 Å². The van der Waals surface area contributed by atoms with E-state index in [1.807, 2.05) is 12.1 Å². The van der Waals surface area contributed by atoms with Crippen molar-refractivity contribution in [3.63, 3.8) is 0 Å². The fourth-order valence-corrected chi connectivity index (χ4v) is 2.87. The van der Waals surface area contributed by atoms with E-state index in [0.717, 1.165) is 17.3 Å². The molecular weight excluding hydrogens is 308 g/mol. The summed E-state index contributed by atoms with van der Waals surface area (Å²) in [7, 11) is 4.75. The first-order valence-corrected chi connectivity index (χ1v) is 8.02. The van der Waals surface area contributed by atoms with E-state index in [2.05, 4.69) is 13.8 Å². The van der Waals surface area contributed by atoms with E-state index in [1.165, 1.54) is 7.11 Å². The first-order chi connectivity index (χ1) is 11.4. The molecule has 0 aliphatic carbocycles. The number of aryl methyl sites for hydroxylation is 1. The van der Waals surface area contributed by atoms with Crippen LogP contribution in [0, 0.1) is 5.92 Å². The van der Waals surface area contributed by atoms with Crippen molar-refractivity contribution < 1.29 is 19.0 Å². The zero-order valence-electron chi connectivity index (χ0n) is 15.0. The second kappa shape index (κ2) is 7.57. The van der Waals surface area contributed by atoms with E-state index in [9.17, 15) is 4.79 Å². The lowest BCUT2D eigenvalue weighted by Crippen LogP contribution is -2.29. The van der Waals surface area contributed by atoms with Gasteiger partial charge in [0.15, 0.2) is 0 Å². The number of nitrogens with two attached hydrogens (primary N) is 1. The maximum atomic E-state index is 12.0. The van der Waals surface area contributed by atoms with Gasteiger partial charge in [-0.15, -0.1) is 0 Å². The normalized spacial score (nSPS) is 12.5. The second-order valence-corrected chi connectivity index (χ2v) is 6.31. The van der Waals surface area contributed by atoms with E-state index >= 15 is 0 Å². The van der Waals surface area contributed by atoms with Crippen LogP contribution in [-0.2, 0) is 11.8 Å². The molecule has 2 N–H and O–H groups in total. The predicted octanol–water partition coefficient (Wildman–Crippen LogP) is 2.73. The Hall–Kier alpha value is -2.21. The molecule has 6 heteroatoms. The molecule has 24 heavy (non-hydrogen) atoms. The van der Waals surface area contributed by atoms with Gasteiger partial charge in [-0.25, -0.2) is 4.79 Å². The highest BCUT2D eigenvalue weighted by atomic mass is 16.5. The average Bonchev–Trinajstić information content (AvgIpc) is 2.89. The number of aromatic nitrogens is 1. The molecule has 0 spiro atoms.